The molecule has 22 heavy (non-hydrogen) atoms. The third kappa shape index (κ3) is 16.7. The highest BCUT2D eigenvalue weighted by molar-refractivity contribution is 7.41. The van der Waals surface area contributed by atoms with Gasteiger partial charge in [0.25, 0.3) is 0 Å². The second-order valence-corrected chi connectivity index (χ2v) is 8.55. The first-order valence-corrected chi connectivity index (χ1v) is 10.2. The van der Waals surface area contributed by atoms with Crippen molar-refractivity contribution in [3.8, 4) is 0 Å². The molecule has 0 aliphatic rings. The van der Waals surface area contributed by atoms with E-state index in [0.29, 0.717) is 0 Å². The monoisotopic (exact) mass is 334 g/mol. The smallest absolute Gasteiger partial charge is 0.312 e. The number of hydrogen-bond acceptors (Lipinski definition) is 3. The Bertz CT molecular complexity index is 194. The van der Waals surface area contributed by atoms with E-state index >= 15 is 0 Å². The Morgan fingerprint density at radius 3 is 1.05 bits per heavy atom. The van der Waals surface area contributed by atoms with Crippen LogP contribution in [0.5, 0.6) is 0 Å². The zero-order valence-electron chi connectivity index (χ0n) is 15.8. The van der Waals surface area contributed by atoms with Crippen molar-refractivity contribution in [3.63, 3.8) is 0 Å². The fourth-order valence-electron chi connectivity index (χ4n) is 2.00. The number of hydrogen-bond donors (Lipinski definition) is 0. The predicted molar refractivity (Wildman–Crippen MR) is 97.0 cm³/mol. The lowest BCUT2D eigenvalue weighted by Gasteiger charge is -2.17. The summed E-state index contributed by atoms with van der Waals surface area (Å²) in [6, 6.07) is 0. The van der Waals surface area contributed by atoms with Crippen molar-refractivity contribution < 1.29 is 13.6 Å². The van der Waals surface area contributed by atoms with E-state index in [2.05, 4.69) is 41.5 Å². The van der Waals surface area contributed by atoms with Gasteiger partial charge in [-0.2, -0.15) is 0 Å². The molecule has 0 aromatic rings. The van der Waals surface area contributed by atoms with Gasteiger partial charge in [0.15, 0.2) is 0 Å². The van der Waals surface area contributed by atoms with Gasteiger partial charge in [0.2, 0.25) is 0 Å². The third-order valence-corrected chi connectivity index (χ3v) is 4.55. The van der Waals surface area contributed by atoms with E-state index in [1.807, 2.05) is 0 Å². The molecule has 0 rings (SSSR count). The molecule has 0 unspecified atom stereocenters. The van der Waals surface area contributed by atoms with Crippen LogP contribution in [0.25, 0.3) is 0 Å². The molecule has 0 aromatic heterocycles. The molecular weight excluding hydrogens is 295 g/mol. The average molecular weight is 334 g/mol. The van der Waals surface area contributed by atoms with E-state index < -0.39 is 8.60 Å². The lowest BCUT2D eigenvalue weighted by molar-refractivity contribution is 0.151. The van der Waals surface area contributed by atoms with Crippen LogP contribution >= 0.6 is 8.60 Å². The van der Waals surface area contributed by atoms with E-state index in [9.17, 15) is 0 Å². The van der Waals surface area contributed by atoms with Crippen LogP contribution < -0.4 is 0 Å². The molecule has 0 heterocycles. The second kappa shape index (κ2) is 14.9. The molecule has 0 aliphatic heterocycles. The van der Waals surface area contributed by atoms with Gasteiger partial charge < -0.3 is 13.6 Å². The SMILES string of the molecule is CC(C)CCCOP(OCCCC(C)C)OCCCC(C)C. The fraction of sp³-hybridized carbons (Fsp3) is 1.00. The van der Waals surface area contributed by atoms with E-state index in [-0.39, 0.29) is 0 Å². The molecule has 134 valence electrons. The van der Waals surface area contributed by atoms with Gasteiger partial charge in [-0.15, -0.1) is 0 Å². The lowest BCUT2D eigenvalue weighted by atomic mass is 10.1. The minimum atomic E-state index is -1.15. The van der Waals surface area contributed by atoms with E-state index in [4.69, 9.17) is 13.6 Å². The Morgan fingerprint density at radius 1 is 0.545 bits per heavy atom. The van der Waals surface area contributed by atoms with Crippen molar-refractivity contribution in [1.29, 1.82) is 0 Å². The minimum absolute atomic E-state index is 0.730. The molecule has 0 bridgehead atoms. The Morgan fingerprint density at radius 2 is 0.818 bits per heavy atom. The molecule has 0 fully saturated rings. The molecule has 0 atom stereocenters. The van der Waals surface area contributed by atoms with Crippen molar-refractivity contribution in [2.45, 2.75) is 80.1 Å². The summed E-state index contributed by atoms with van der Waals surface area (Å²) in [7, 11) is -1.15. The summed E-state index contributed by atoms with van der Waals surface area (Å²) in [5.74, 6) is 2.19. The van der Waals surface area contributed by atoms with Crippen LogP contribution in [0.15, 0.2) is 0 Å². The van der Waals surface area contributed by atoms with E-state index in [1.54, 1.807) is 0 Å². The summed E-state index contributed by atoms with van der Waals surface area (Å²) in [6.45, 7) is 15.7. The van der Waals surface area contributed by atoms with Crippen molar-refractivity contribution in [2.24, 2.45) is 17.8 Å². The quantitative estimate of drug-likeness (QED) is 0.250. The molecule has 0 amide bonds. The highest BCUT2D eigenvalue weighted by Crippen LogP contribution is 2.40. The first kappa shape index (κ1) is 22.3. The van der Waals surface area contributed by atoms with Crippen molar-refractivity contribution in [2.75, 3.05) is 19.8 Å². The molecule has 0 N–H and O–H groups in total. The summed E-state index contributed by atoms with van der Waals surface area (Å²) in [5, 5.41) is 0. The van der Waals surface area contributed by atoms with Crippen LogP contribution in [0.2, 0.25) is 0 Å². The molecule has 0 saturated carbocycles. The Labute approximate surface area is 140 Å². The third-order valence-electron chi connectivity index (χ3n) is 3.37. The van der Waals surface area contributed by atoms with Crippen molar-refractivity contribution in [1.82, 2.24) is 0 Å². The molecule has 0 radical (unpaired) electrons. The van der Waals surface area contributed by atoms with E-state index in [1.165, 1.54) is 19.3 Å². The van der Waals surface area contributed by atoms with Gasteiger partial charge in [-0.05, 0) is 56.3 Å². The Hall–Kier alpha value is 0.310. The highest BCUT2D eigenvalue weighted by atomic mass is 31.2. The van der Waals surface area contributed by atoms with Crippen LogP contribution in [-0.4, -0.2) is 19.8 Å². The maximum Gasteiger partial charge on any atom is 0.332 e. The van der Waals surface area contributed by atoms with Crippen molar-refractivity contribution >= 4 is 8.60 Å². The van der Waals surface area contributed by atoms with Gasteiger partial charge in [0.1, 0.15) is 0 Å². The molecule has 3 nitrogen and oxygen atoms in total. The van der Waals surface area contributed by atoms with Gasteiger partial charge in [-0.3, -0.25) is 0 Å². The molecule has 4 heteroatoms. The summed E-state index contributed by atoms with van der Waals surface area (Å²) in [5.41, 5.74) is 0. The zero-order chi connectivity index (χ0) is 16.8. The second-order valence-electron chi connectivity index (χ2n) is 7.33. The first-order valence-electron chi connectivity index (χ1n) is 9.10. The number of rotatable bonds is 15. The van der Waals surface area contributed by atoms with Gasteiger partial charge in [0, 0.05) is 0 Å². The lowest BCUT2D eigenvalue weighted by Crippen LogP contribution is -2.02. The summed E-state index contributed by atoms with van der Waals surface area (Å²) in [6.07, 6.45) is 6.85. The molecule has 0 aliphatic carbocycles. The fourth-order valence-corrected chi connectivity index (χ4v) is 3.06. The van der Waals surface area contributed by atoms with Crippen LogP contribution in [0.4, 0.5) is 0 Å². The van der Waals surface area contributed by atoms with E-state index in [0.717, 1.165) is 56.8 Å². The molecule has 0 saturated heterocycles. The standard InChI is InChI=1S/C18H39O3P/c1-16(2)10-7-13-19-22(20-14-8-11-17(3)4)21-15-9-12-18(5)6/h16-18H,7-15H2,1-6H3. The van der Waals surface area contributed by atoms with Gasteiger partial charge in [-0.1, -0.05) is 41.5 Å². The normalized spacial score (nSPS) is 12.3. The van der Waals surface area contributed by atoms with Crippen LogP contribution in [-0.2, 0) is 13.6 Å². The predicted octanol–water partition coefficient (Wildman–Crippen LogP) is 6.57. The minimum Gasteiger partial charge on any atom is -0.312 e. The Balaban J connectivity index is 3.86. The molecule has 0 aromatic carbocycles. The van der Waals surface area contributed by atoms with Gasteiger partial charge in [-0.25, -0.2) is 0 Å². The summed E-state index contributed by atoms with van der Waals surface area (Å²) >= 11 is 0. The van der Waals surface area contributed by atoms with Gasteiger partial charge in [0.05, 0.1) is 19.8 Å². The average Bonchev–Trinajstić information content (AvgIpc) is 2.42. The highest BCUT2D eigenvalue weighted by Gasteiger charge is 2.13. The molecule has 0 spiro atoms. The van der Waals surface area contributed by atoms with Crippen LogP contribution in [0.3, 0.4) is 0 Å². The largest absolute Gasteiger partial charge is 0.332 e. The maximum atomic E-state index is 5.83. The van der Waals surface area contributed by atoms with Crippen LogP contribution in [0, 0.1) is 17.8 Å². The maximum absolute atomic E-state index is 5.83. The summed E-state index contributed by atoms with van der Waals surface area (Å²) in [4.78, 5) is 0. The van der Waals surface area contributed by atoms with Crippen LogP contribution in [0.1, 0.15) is 80.1 Å². The van der Waals surface area contributed by atoms with Gasteiger partial charge >= 0.3 is 8.60 Å². The zero-order valence-corrected chi connectivity index (χ0v) is 16.7. The Kier molecular flexibility index (Phi) is 15.1. The summed E-state index contributed by atoms with van der Waals surface area (Å²) < 4.78 is 17.5. The topological polar surface area (TPSA) is 27.7 Å². The van der Waals surface area contributed by atoms with Crippen molar-refractivity contribution in [3.05, 3.63) is 0 Å². The molecular formula is C18H39O3P. The first-order chi connectivity index (χ1) is 10.4.